The van der Waals surface area contributed by atoms with Gasteiger partial charge in [-0.05, 0) is 6.42 Å². The Kier molecular flexibility index (Phi) is 7.17. The Morgan fingerprint density at radius 3 is 2.08 bits per heavy atom. The summed E-state index contributed by atoms with van der Waals surface area (Å²) in [6, 6.07) is 0. The Morgan fingerprint density at radius 2 is 1.62 bits per heavy atom. The van der Waals surface area contributed by atoms with Gasteiger partial charge in [-0.2, -0.15) is 0 Å². The van der Waals surface area contributed by atoms with Crippen molar-refractivity contribution < 1.29 is 20.4 Å². The first-order valence-electron chi connectivity index (χ1n) is 4.78. The average molecular weight is 192 g/mol. The third-order valence-corrected chi connectivity index (χ3v) is 2.08. The van der Waals surface area contributed by atoms with Gasteiger partial charge in [0.05, 0.1) is 12.7 Å². The van der Waals surface area contributed by atoms with Crippen LogP contribution in [0.4, 0.5) is 0 Å². The Bertz CT molecular complexity index is 118. The minimum atomic E-state index is -1.24. The molecular weight excluding hydrogens is 172 g/mol. The highest BCUT2D eigenvalue weighted by atomic mass is 16.4. The van der Waals surface area contributed by atoms with Crippen LogP contribution in [0.5, 0.6) is 0 Å². The summed E-state index contributed by atoms with van der Waals surface area (Å²) in [6.07, 6.45) is -0.0734. The van der Waals surface area contributed by atoms with Gasteiger partial charge in [0, 0.05) is 0 Å². The fourth-order valence-electron chi connectivity index (χ4n) is 1.14. The van der Waals surface area contributed by atoms with E-state index in [1.165, 1.54) is 0 Å². The molecule has 0 amide bonds. The summed E-state index contributed by atoms with van der Waals surface area (Å²) in [4.78, 5) is 0. The molecule has 0 aromatic carbocycles. The van der Waals surface area contributed by atoms with Crippen LogP contribution in [-0.2, 0) is 0 Å². The van der Waals surface area contributed by atoms with Gasteiger partial charge in [-0.1, -0.05) is 26.2 Å². The third-order valence-electron chi connectivity index (χ3n) is 2.08. The highest BCUT2D eigenvalue weighted by Crippen LogP contribution is 2.09. The molecule has 0 aliphatic heterocycles. The maximum absolute atomic E-state index is 9.32. The van der Waals surface area contributed by atoms with E-state index in [0.29, 0.717) is 6.42 Å². The summed E-state index contributed by atoms with van der Waals surface area (Å²) >= 11 is 0. The van der Waals surface area contributed by atoms with Crippen LogP contribution >= 0.6 is 0 Å². The molecule has 0 aliphatic carbocycles. The first-order chi connectivity index (χ1) is 6.13. The molecule has 0 bridgehead atoms. The van der Waals surface area contributed by atoms with E-state index in [0.717, 1.165) is 19.3 Å². The van der Waals surface area contributed by atoms with E-state index in [2.05, 4.69) is 0 Å². The standard InChI is InChI=1S/C9H20O4/c1-2-3-4-5-7(11)9(13)8(12)6-10/h7-13H,2-6H2,1H3. The Balaban J connectivity index is 3.62. The largest absolute Gasteiger partial charge is 0.394 e. The lowest BCUT2D eigenvalue weighted by atomic mass is 10.0. The molecule has 4 N–H and O–H groups in total. The van der Waals surface area contributed by atoms with Gasteiger partial charge in [-0.3, -0.25) is 0 Å². The molecule has 3 atom stereocenters. The van der Waals surface area contributed by atoms with Crippen molar-refractivity contribution in [1.82, 2.24) is 0 Å². The zero-order valence-corrected chi connectivity index (χ0v) is 8.06. The van der Waals surface area contributed by atoms with Gasteiger partial charge in [0.2, 0.25) is 0 Å². The molecule has 0 spiro atoms. The molecule has 13 heavy (non-hydrogen) atoms. The van der Waals surface area contributed by atoms with E-state index < -0.39 is 24.9 Å². The molecule has 0 rings (SSSR count). The van der Waals surface area contributed by atoms with E-state index >= 15 is 0 Å². The van der Waals surface area contributed by atoms with Crippen molar-refractivity contribution >= 4 is 0 Å². The van der Waals surface area contributed by atoms with Crippen LogP contribution in [0, 0.1) is 0 Å². The van der Waals surface area contributed by atoms with Crippen LogP contribution in [0.2, 0.25) is 0 Å². The van der Waals surface area contributed by atoms with E-state index in [1.807, 2.05) is 6.92 Å². The first-order valence-corrected chi connectivity index (χ1v) is 4.78. The molecule has 3 unspecified atom stereocenters. The third kappa shape index (κ3) is 5.21. The topological polar surface area (TPSA) is 80.9 Å². The second-order valence-electron chi connectivity index (χ2n) is 3.30. The maximum Gasteiger partial charge on any atom is 0.108 e. The number of aliphatic hydroxyl groups is 4. The molecule has 0 saturated carbocycles. The summed E-state index contributed by atoms with van der Waals surface area (Å²) in [5.41, 5.74) is 0. The molecule has 0 radical (unpaired) electrons. The highest BCUT2D eigenvalue weighted by Gasteiger charge is 2.23. The molecule has 4 heteroatoms. The lowest BCUT2D eigenvalue weighted by Crippen LogP contribution is -2.39. The highest BCUT2D eigenvalue weighted by molar-refractivity contribution is 4.74. The molecule has 0 fully saturated rings. The molecule has 0 aliphatic rings. The number of hydrogen-bond acceptors (Lipinski definition) is 4. The van der Waals surface area contributed by atoms with E-state index in [4.69, 9.17) is 10.2 Å². The Labute approximate surface area is 78.8 Å². The van der Waals surface area contributed by atoms with Crippen LogP contribution in [0.3, 0.4) is 0 Å². The molecule has 80 valence electrons. The summed E-state index contributed by atoms with van der Waals surface area (Å²) in [5, 5.41) is 36.0. The van der Waals surface area contributed by atoms with Gasteiger partial charge in [0.15, 0.2) is 0 Å². The zero-order valence-electron chi connectivity index (χ0n) is 8.06. The lowest BCUT2D eigenvalue weighted by molar-refractivity contribution is -0.0787. The SMILES string of the molecule is CCCCCC(O)C(O)C(O)CO. The molecule has 0 saturated heterocycles. The number of rotatable bonds is 7. The molecule has 0 aromatic heterocycles. The lowest BCUT2D eigenvalue weighted by Gasteiger charge is -2.21. The molecular formula is C9H20O4. The van der Waals surface area contributed by atoms with Gasteiger partial charge in [-0.15, -0.1) is 0 Å². The number of aliphatic hydroxyl groups excluding tert-OH is 4. The predicted octanol–water partition coefficient (Wildman–Crippen LogP) is -0.358. The normalized spacial score (nSPS) is 18.2. The molecule has 0 heterocycles. The van der Waals surface area contributed by atoms with E-state index in [-0.39, 0.29) is 0 Å². The van der Waals surface area contributed by atoms with E-state index in [9.17, 15) is 10.2 Å². The van der Waals surface area contributed by atoms with Crippen LogP contribution < -0.4 is 0 Å². The average Bonchev–Trinajstić information content (AvgIpc) is 2.15. The van der Waals surface area contributed by atoms with Crippen LogP contribution in [0.15, 0.2) is 0 Å². The van der Waals surface area contributed by atoms with Crippen molar-refractivity contribution in [2.45, 2.75) is 50.9 Å². The van der Waals surface area contributed by atoms with Gasteiger partial charge in [0.1, 0.15) is 12.2 Å². The minimum Gasteiger partial charge on any atom is -0.394 e. The van der Waals surface area contributed by atoms with Gasteiger partial charge in [0.25, 0.3) is 0 Å². The van der Waals surface area contributed by atoms with Gasteiger partial charge in [-0.25, -0.2) is 0 Å². The quantitative estimate of drug-likeness (QED) is 0.415. The predicted molar refractivity (Wildman–Crippen MR) is 49.2 cm³/mol. The first kappa shape index (κ1) is 12.8. The fraction of sp³-hybridized carbons (Fsp3) is 1.00. The Hall–Kier alpha value is -0.160. The summed E-state index contributed by atoms with van der Waals surface area (Å²) in [6.45, 7) is 1.53. The number of hydrogen-bond donors (Lipinski definition) is 4. The fourth-order valence-corrected chi connectivity index (χ4v) is 1.14. The van der Waals surface area contributed by atoms with Gasteiger partial charge >= 0.3 is 0 Å². The minimum absolute atomic E-state index is 0.464. The smallest absolute Gasteiger partial charge is 0.108 e. The van der Waals surface area contributed by atoms with Gasteiger partial charge < -0.3 is 20.4 Å². The number of unbranched alkanes of at least 4 members (excludes halogenated alkanes) is 2. The summed E-state index contributed by atoms with van der Waals surface area (Å²) < 4.78 is 0. The van der Waals surface area contributed by atoms with Crippen LogP contribution in [0.1, 0.15) is 32.6 Å². The van der Waals surface area contributed by atoms with Crippen molar-refractivity contribution in [3.05, 3.63) is 0 Å². The van der Waals surface area contributed by atoms with Crippen molar-refractivity contribution in [2.24, 2.45) is 0 Å². The summed E-state index contributed by atoms with van der Waals surface area (Å²) in [5.74, 6) is 0. The second-order valence-corrected chi connectivity index (χ2v) is 3.30. The van der Waals surface area contributed by atoms with Crippen molar-refractivity contribution in [3.63, 3.8) is 0 Å². The monoisotopic (exact) mass is 192 g/mol. The molecule has 4 nitrogen and oxygen atoms in total. The van der Waals surface area contributed by atoms with Crippen molar-refractivity contribution in [2.75, 3.05) is 6.61 Å². The maximum atomic E-state index is 9.32. The zero-order chi connectivity index (χ0) is 10.3. The molecule has 0 aromatic rings. The second kappa shape index (κ2) is 7.26. The van der Waals surface area contributed by atoms with E-state index in [1.54, 1.807) is 0 Å². The van der Waals surface area contributed by atoms with Crippen molar-refractivity contribution in [1.29, 1.82) is 0 Å². The summed E-state index contributed by atoms with van der Waals surface area (Å²) in [7, 11) is 0. The Morgan fingerprint density at radius 1 is 1.00 bits per heavy atom. The van der Waals surface area contributed by atoms with Crippen LogP contribution in [0.25, 0.3) is 0 Å². The van der Waals surface area contributed by atoms with Crippen molar-refractivity contribution in [3.8, 4) is 0 Å². The van der Waals surface area contributed by atoms with Crippen LogP contribution in [-0.4, -0.2) is 45.3 Å².